The van der Waals surface area contributed by atoms with E-state index in [9.17, 15) is 18.0 Å². The van der Waals surface area contributed by atoms with E-state index >= 15 is 0 Å². The SMILES string of the molecule is Cc1ccc(CNc2nccc(C(=O)Nc3ccc(F)c(F)c3F)n2)cc1. The number of carbonyl (C=O) groups excluding carboxylic acids is 1. The zero-order valence-corrected chi connectivity index (χ0v) is 14.3. The maximum Gasteiger partial charge on any atom is 0.274 e. The van der Waals surface area contributed by atoms with Crippen LogP contribution in [0, 0.1) is 24.4 Å². The van der Waals surface area contributed by atoms with Crippen LogP contribution in [-0.4, -0.2) is 15.9 Å². The first-order valence-electron chi connectivity index (χ1n) is 8.01. The predicted molar refractivity (Wildman–Crippen MR) is 94.8 cm³/mol. The van der Waals surface area contributed by atoms with Crippen LogP contribution >= 0.6 is 0 Å². The van der Waals surface area contributed by atoms with Crippen molar-refractivity contribution in [3.05, 3.63) is 82.9 Å². The van der Waals surface area contributed by atoms with E-state index in [2.05, 4.69) is 20.6 Å². The summed E-state index contributed by atoms with van der Waals surface area (Å²) in [5, 5.41) is 5.14. The Labute approximate surface area is 153 Å². The molecule has 0 bridgehead atoms. The van der Waals surface area contributed by atoms with Gasteiger partial charge in [0.25, 0.3) is 5.91 Å². The van der Waals surface area contributed by atoms with Crippen molar-refractivity contribution >= 4 is 17.5 Å². The van der Waals surface area contributed by atoms with Gasteiger partial charge in [-0.3, -0.25) is 4.79 Å². The fourth-order valence-corrected chi connectivity index (χ4v) is 2.27. The van der Waals surface area contributed by atoms with Gasteiger partial charge in [-0.15, -0.1) is 0 Å². The molecule has 0 aliphatic carbocycles. The lowest BCUT2D eigenvalue weighted by Gasteiger charge is -2.09. The van der Waals surface area contributed by atoms with Crippen molar-refractivity contribution in [2.75, 3.05) is 10.6 Å². The highest BCUT2D eigenvalue weighted by molar-refractivity contribution is 6.03. The molecule has 0 saturated heterocycles. The lowest BCUT2D eigenvalue weighted by molar-refractivity contribution is 0.102. The lowest BCUT2D eigenvalue weighted by Crippen LogP contribution is -2.16. The van der Waals surface area contributed by atoms with Crippen molar-refractivity contribution in [3.63, 3.8) is 0 Å². The van der Waals surface area contributed by atoms with Gasteiger partial charge in [0.05, 0.1) is 5.69 Å². The number of amides is 1. The van der Waals surface area contributed by atoms with Crippen LogP contribution in [0.25, 0.3) is 0 Å². The molecular formula is C19H15F3N4O. The Hall–Kier alpha value is -3.42. The number of aryl methyl sites for hydroxylation is 1. The van der Waals surface area contributed by atoms with Crippen molar-refractivity contribution in [1.29, 1.82) is 0 Å². The van der Waals surface area contributed by atoms with Crippen LogP contribution in [0.3, 0.4) is 0 Å². The number of aromatic nitrogens is 2. The Kier molecular flexibility index (Phi) is 5.35. The fourth-order valence-electron chi connectivity index (χ4n) is 2.27. The van der Waals surface area contributed by atoms with Crippen LogP contribution in [0.15, 0.2) is 48.7 Å². The molecule has 3 rings (SSSR count). The highest BCUT2D eigenvalue weighted by Crippen LogP contribution is 2.20. The number of hydrogen-bond donors (Lipinski definition) is 2. The Morgan fingerprint density at radius 3 is 2.48 bits per heavy atom. The molecule has 2 aromatic carbocycles. The lowest BCUT2D eigenvalue weighted by atomic mass is 10.1. The summed E-state index contributed by atoms with van der Waals surface area (Å²) in [7, 11) is 0. The van der Waals surface area contributed by atoms with Crippen molar-refractivity contribution in [1.82, 2.24) is 9.97 Å². The largest absolute Gasteiger partial charge is 0.350 e. The molecule has 0 aliphatic rings. The van der Waals surface area contributed by atoms with Gasteiger partial charge in [0, 0.05) is 12.7 Å². The van der Waals surface area contributed by atoms with Crippen LogP contribution in [0.1, 0.15) is 21.6 Å². The molecule has 0 unspecified atom stereocenters. The average Bonchev–Trinajstić information content (AvgIpc) is 2.68. The summed E-state index contributed by atoms with van der Waals surface area (Å²) in [5.41, 5.74) is 1.60. The summed E-state index contributed by atoms with van der Waals surface area (Å²) in [6, 6.07) is 10.8. The maximum absolute atomic E-state index is 13.7. The highest BCUT2D eigenvalue weighted by Gasteiger charge is 2.17. The smallest absolute Gasteiger partial charge is 0.274 e. The topological polar surface area (TPSA) is 66.9 Å². The Morgan fingerprint density at radius 2 is 1.74 bits per heavy atom. The number of nitrogens with zero attached hydrogens (tertiary/aromatic N) is 2. The Balaban J connectivity index is 1.70. The van der Waals surface area contributed by atoms with Gasteiger partial charge >= 0.3 is 0 Å². The van der Waals surface area contributed by atoms with Crippen LogP contribution in [0.5, 0.6) is 0 Å². The summed E-state index contributed by atoms with van der Waals surface area (Å²) in [6.45, 7) is 2.43. The van der Waals surface area contributed by atoms with Gasteiger partial charge in [0.1, 0.15) is 5.69 Å². The standard InChI is InChI=1S/C19H15F3N4O/c1-11-2-4-12(5-3-11)10-24-19-23-9-8-15(26-19)18(27)25-14-7-6-13(20)16(21)17(14)22/h2-9H,10H2,1H3,(H,25,27)(H,23,24,26). The first-order chi connectivity index (χ1) is 12.9. The third-order valence-electron chi connectivity index (χ3n) is 3.74. The molecule has 1 amide bonds. The maximum atomic E-state index is 13.7. The molecule has 0 radical (unpaired) electrons. The van der Waals surface area contributed by atoms with E-state index in [-0.39, 0.29) is 11.6 Å². The van der Waals surface area contributed by atoms with Gasteiger partial charge in [0.2, 0.25) is 5.95 Å². The second kappa shape index (κ2) is 7.86. The summed E-state index contributed by atoms with van der Waals surface area (Å²) in [5.74, 6) is -5.05. The molecule has 5 nitrogen and oxygen atoms in total. The molecule has 3 aromatic rings. The van der Waals surface area contributed by atoms with Gasteiger partial charge in [-0.1, -0.05) is 29.8 Å². The van der Waals surface area contributed by atoms with E-state index in [1.165, 1.54) is 12.3 Å². The summed E-state index contributed by atoms with van der Waals surface area (Å²) < 4.78 is 39.9. The molecule has 8 heteroatoms. The minimum atomic E-state index is -1.66. The number of anilines is 2. The molecule has 1 heterocycles. The highest BCUT2D eigenvalue weighted by atomic mass is 19.2. The van der Waals surface area contributed by atoms with Crippen LogP contribution < -0.4 is 10.6 Å². The summed E-state index contributed by atoms with van der Waals surface area (Å²) in [4.78, 5) is 20.3. The second-order valence-electron chi connectivity index (χ2n) is 5.78. The molecule has 27 heavy (non-hydrogen) atoms. The number of rotatable bonds is 5. The molecule has 2 N–H and O–H groups in total. The predicted octanol–water partition coefficient (Wildman–Crippen LogP) is 4.07. The molecule has 138 valence electrons. The molecule has 0 atom stereocenters. The van der Waals surface area contributed by atoms with E-state index in [1.807, 2.05) is 31.2 Å². The number of hydrogen-bond acceptors (Lipinski definition) is 4. The van der Waals surface area contributed by atoms with E-state index in [0.717, 1.165) is 23.3 Å². The summed E-state index contributed by atoms with van der Waals surface area (Å²) >= 11 is 0. The Morgan fingerprint density at radius 1 is 1.00 bits per heavy atom. The van der Waals surface area contributed by atoms with Crippen molar-refractivity contribution in [2.45, 2.75) is 13.5 Å². The molecule has 0 aliphatic heterocycles. The molecule has 1 aromatic heterocycles. The normalized spacial score (nSPS) is 10.5. The summed E-state index contributed by atoms with van der Waals surface area (Å²) in [6.07, 6.45) is 1.36. The van der Waals surface area contributed by atoms with Crippen molar-refractivity contribution < 1.29 is 18.0 Å². The van der Waals surface area contributed by atoms with E-state index in [1.54, 1.807) is 0 Å². The third-order valence-corrected chi connectivity index (χ3v) is 3.74. The number of nitrogens with one attached hydrogen (secondary N) is 2. The van der Waals surface area contributed by atoms with E-state index in [0.29, 0.717) is 6.54 Å². The van der Waals surface area contributed by atoms with Gasteiger partial charge in [-0.05, 0) is 30.7 Å². The molecular weight excluding hydrogens is 357 g/mol. The first kappa shape index (κ1) is 18.4. The molecule has 0 saturated carbocycles. The Bertz CT molecular complexity index is 977. The second-order valence-corrected chi connectivity index (χ2v) is 5.78. The van der Waals surface area contributed by atoms with Crippen LogP contribution in [-0.2, 0) is 6.54 Å². The van der Waals surface area contributed by atoms with E-state index in [4.69, 9.17) is 0 Å². The zero-order chi connectivity index (χ0) is 19.4. The van der Waals surface area contributed by atoms with Gasteiger partial charge in [-0.25, -0.2) is 23.1 Å². The van der Waals surface area contributed by atoms with E-state index < -0.39 is 29.0 Å². The third kappa shape index (κ3) is 4.41. The van der Waals surface area contributed by atoms with Gasteiger partial charge in [0.15, 0.2) is 17.5 Å². The quantitative estimate of drug-likeness (QED) is 0.663. The van der Waals surface area contributed by atoms with Crippen molar-refractivity contribution in [2.24, 2.45) is 0 Å². The molecule has 0 fully saturated rings. The van der Waals surface area contributed by atoms with Gasteiger partial charge < -0.3 is 10.6 Å². The number of benzene rings is 2. The number of halogens is 3. The molecule has 0 spiro atoms. The minimum Gasteiger partial charge on any atom is -0.350 e. The van der Waals surface area contributed by atoms with Crippen LogP contribution in [0.4, 0.5) is 24.8 Å². The average molecular weight is 372 g/mol. The van der Waals surface area contributed by atoms with Gasteiger partial charge in [-0.2, -0.15) is 0 Å². The number of carbonyl (C=O) groups is 1. The van der Waals surface area contributed by atoms with Crippen molar-refractivity contribution in [3.8, 4) is 0 Å². The minimum absolute atomic E-state index is 0.0551. The first-order valence-corrected chi connectivity index (χ1v) is 8.01. The van der Waals surface area contributed by atoms with Crippen LogP contribution in [0.2, 0.25) is 0 Å². The fraction of sp³-hybridized carbons (Fsp3) is 0.105. The zero-order valence-electron chi connectivity index (χ0n) is 14.3. The monoisotopic (exact) mass is 372 g/mol.